The van der Waals surface area contributed by atoms with Crippen LogP contribution in [0.25, 0.3) is 0 Å². The van der Waals surface area contributed by atoms with Crippen LogP contribution in [0, 0.1) is 0 Å². The SMILES string of the molecule is COC(=O)Nc1c(Cl)cc(N(O)S(=O)(=O)CCC[N+]2(C)CCN(C)CC2)cc1Cl. The van der Waals surface area contributed by atoms with Gasteiger partial charge >= 0.3 is 6.09 Å². The van der Waals surface area contributed by atoms with Crippen molar-refractivity contribution in [1.29, 1.82) is 0 Å². The van der Waals surface area contributed by atoms with Crippen molar-refractivity contribution >= 4 is 50.7 Å². The number of anilines is 2. The summed E-state index contributed by atoms with van der Waals surface area (Å²) < 4.78 is 30.5. The Morgan fingerprint density at radius 1 is 1.31 bits per heavy atom. The fraction of sp³-hybridized carbons (Fsp3) is 0.588. The maximum Gasteiger partial charge on any atom is 0.411 e. The highest BCUT2D eigenvalue weighted by atomic mass is 35.5. The molecule has 0 radical (unpaired) electrons. The number of hydrogen-bond donors (Lipinski definition) is 2. The molecule has 0 spiro atoms. The minimum atomic E-state index is -3.99. The van der Waals surface area contributed by atoms with E-state index in [0.717, 1.165) is 30.7 Å². The molecule has 0 aromatic heterocycles. The van der Waals surface area contributed by atoms with Gasteiger partial charge in [-0.25, -0.2) is 13.2 Å². The van der Waals surface area contributed by atoms with Gasteiger partial charge in [0.15, 0.2) is 0 Å². The Hall–Kier alpha value is -1.30. The first-order valence-electron chi connectivity index (χ1n) is 9.05. The predicted octanol–water partition coefficient (Wildman–Crippen LogP) is 2.48. The lowest BCUT2D eigenvalue weighted by atomic mass is 10.2. The highest BCUT2D eigenvalue weighted by Crippen LogP contribution is 2.35. The first-order valence-corrected chi connectivity index (χ1v) is 11.4. The second-order valence-electron chi connectivity index (χ2n) is 7.41. The van der Waals surface area contributed by atoms with Crippen molar-refractivity contribution in [2.24, 2.45) is 0 Å². The Morgan fingerprint density at radius 3 is 2.38 bits per heavy atom. The van der Waals surface area contributed by atoms with Gasteiger partial charge in [-0.05, 0) is 19.2 Å². The number of amides is 1. The number of piperazine rings is 1. The fourth-order valence-corrected chi connectivity index (χ4v) is 4.75. The van der Waals surface area contributed by atoms with Gasteiger partial charge in [-0.1, -0.05) is 23.2 Å². The number of hydrogen-bond acceptors (Lipinski definition) is 6. The molecule has 0 aliphatic carbocycles. The largest absolute Gasteiger partial charge is 0.453 e. The van der Waals surface area contributed by atoms with Crippen molar-refractivity contribution in [1.82, 2.24) is 4.90 Å². The van der Waals surface area contributed by atoms with Crippen molar-refractivity contribution in [3.63, 3.8) is 0 Å². The Labute approximate surface area is 181 Å². The highest BCUT2D eigenvalue weighted by molar-refractivity contribution is 7.92. The number of rotatable bonds is 7. The number of sulfonamides is 1. The average molecular weight is 470 g/mol. The highest BCUT2D eigenvalue weighted by Gasteiger charge is 2.29. The number of benzene rings is 1. The third-order valence-corrected chi connectivity index (χ3v) is 7.21. The summed E-state index contributed by atoms with van der Waals surface area (Å²) in [5.41, 5.74) is -0.0577. The smallest absolute Gasteiger partial charge is 0.411 e. The van der Waals surface area contributed by atoms with Crippen LogP contribution in [0.4, 0.5) is 16.2 Å². The van der Waals surface area contributed by atoms with E-state index in [-0.39, 0.29) is 31.6 Å². The summed E-state index contributed by atoms with van der Waals surface area (Å²) in [6.45, 7) is 4.56. The number of likely N-dealkylation sites (N-methyl/N-ethyl adjacent to an activating group) is 2. The van der Waals surface area contributed by atoms with Gasteiger partial charge in [0.25, 0.3) is 10.0 Å². The molecule has 1 aromatic rings. The Kier molecular flexibility index (Phi) is 8.00. The zero-order valence-corrected chi connectivity index (χ0v) is 19.0. The maximum atomic E-state index is 12.5. The van der Waals surface area contributed by atoms with Crippen LogP contribution in [0.15, 0.2) is 12.1 Å². The molecular weight excluding hydrogens is 443 g/mol. The van der Waals surface area contributed by atoms with E-state index in [0.29, 0.717) is 13.0 Å². The van der Waals surface area contributed by atoms with Gasteiger partial charge in [0.2, 0.25) is 0 Å². The summed E-state index contributed by atoms with van der Waals surface area (Å²) >= 11 is 12.1. The van der Waals surface area contributed by atoms with Crippen molar-refractivity contribution in [3.05, 3.63) is 22.2 Å². The molecule has 1 fully saturated rings. The first kappa shape index (κ1) is 24.0. The topological polar surface area (TPSA) is 99.2 Å². The van der Waals surface area contributed by atoms with Gasteiger partial charge in [-0.3, -0.25) is 15.4 Å². The normalized spacial score (nSPS) is 17.0. The molecule has 1 saturated heterocycles. The summed E-state index contributed by atoms with van der Waals surface area (Å²) in [7, 11) is 1.38. The number of carbonyl (C=O) groups excluding carboxylic acids is 1. The van der Waals surface area contributed by atoms with E-state index >= 15 is 0 Å². The molecule has 2 N–H and O–H groups in total. The van der Waals surface area contributed by atoms with E-state index in [9.17, 15) is 18.4 Å². The molecule has 1 heterocycles. The second kappa shape index (κ2) is 9.67. The molecular formula is C17H27Cl2N4O5S+. The summed E-state index contributed by atoms with van der Waals surface area (Å²) in [6.07, 6.45) is -0.376. The summed E-state index contributed by atoms with van der Waals surface area (Å²) in [6, 6.07) is 2.40. The van der Waals surface area contributed by atoms with E-state index < -0.39 is 16.1 Å². The van der Waals surface area contributed by atoms with Gasteiger partial charge < -0.3 is 9.22 Å². The van der Waals surface area contributed by atoms with E-state index in [4.69, 9.17) is 23.2 Å². The molecule has 1 aliphatic rings. The number of methoxy groups -OCH3 is 1. The van der Waals surface area contributed by atoms with Crippen molar-refractivity contribution in [3.8, 4) is 0 Å². The molecule has 1 aliphatic heterocycles. The molecule has 0 unspecified atom stereocenters. The number of ether oxygens (including phenoxy) is 1. The van der Waals surface area contributed by atoms with Crippen LogP contribution < -0.4 is 9.79 Å². The summed E-state index contributed by atoms with van der Waals surface area (Å²) in [5, 5.41) is 12.5. The van der Waals surface area contributed by atoms with Crippen LogP contribution in [-0.2, 0) is 14.8 Å². The van der Waals surface area contributed by atoms with Crippen LogP contribution >= 0.6 is 23.2 Å². The zero-order chi connectivity index (χ0) is 21.8. The zero-order valence-electron chi connectivity index (χ0n) is 16.7. The van der Waals surface area contributed by atoms with Gasteiger partial charge in [0.05, 0.1) is 61.0 Å². The first-order chi connectivity index (χ1) is 13.5. The van der Waals surface area contributed by atoms with E-state index in [2.05, 4.69) is 29.0 Å². The Bertz CT molecular complexity index is 821. The Balaban J connectivity index is 2.04. The van der Waals surface area contributed by atoms with Gasteiger partial charge in [-0.2, -0.15) is 0 Å². The van der Waals surface area contributed by atoms with Crippen LogP contribution in [-0.4, -0.2) is 88.8 Å². The number of quaternary nitrogens is 1. The number of halogens is 2. The second-order valence-corrected chi connectivity index (χ2v) is 10.1. The number of nitrogens with zero attached hydrogens (tertiary/aromatic N) is 3. The molecule has 0 atom stereocenters. The van der Waals surface area contributed by atoms with Crippen LogP contribution in [0.2, 0.25) is 10.0 Å². The standard InChI is InChI=1S/C17H26Cl2N4O5S/c1-21-5-8-23(2,9-6-21)7-4-10-29(26,27)22(25)13-11-14(18)16(15(19)12-13)20-17(24)28-3/h11-12,25H,4-10H2,1-3H3/p+1. The van der Waals surface area contributed by atoms with Crippen LogP contribution in [0.1, 0.15) is 6.42 Å². The van der Waals surface area contributed by atoms with Gasteiger partial charge in [0, 0.05) is 19.5 Å². The van der Waals surface area contributed by atoms with Crippen molar-refractivity contribution < 1.29 is 27.6 Å². The number of nitrogens with one attached hydrogen (secondary N) is 1. The monoisotopic (exact) mass is 469 g/mol. The van der Waals surface area contributed by atoms with E-state index in [1.165, 1.54) is 19.2 Å². The van der Waals surface area contributed by atoms with Crippen molar-refractivity contribution in [2.75, 3.05) is 69.5 Å². The summed E-state index contributed by atoms with van der Waals surface area (Å²) in [5.74, 6) is -0.218. The molecule has 1 aromatic carbocycles. The third-order valence-electron chi connectivity index (χ3n) is 5.07. The molecule has 12 heteroatoms. The maximum absolute atomic E-state index is 12.5. The minimum absolute atomic E-state index is 0.0392. The molecule has 29 heavy (non-hydrogen) atoms. The summed E-state index contributed by atoms with van der Waals surface area (Å²) in [4.78, 5) is 13.6. The predicted molar refractivity (Wildman–Crippen MR) is 113 cm³/mol. The molecule has 0 bridgehead atoms. The third kappa shape index (κ3) is 6.34. The van der Waals surface area contributed by atoms with Crippen LogP contribution in [0.5, 0.6) is 0 Å². The molecule has 0 saturated carbocycles. The lowest BCUT2D eigenvalue weighted by Crippen LogP contribution is -2.56. The van der Waals surface area contributed by atoms with Gasteiger partial charge in [-0.15, -0.1) is 4.47 Å². The quantitative estimate of drug-likeness (QED) is 0.469. The molecule has 164 valence electrons. The lowest BCUT2D eigenvalue weighted by Gasteiger charge is -2.41. The number of carbonyl (C=O) groups is 1. The fourth-order valence-electron chi connectivity index (χ4n) is 3.09. The molecule has 1 amide bonds. The minimum Gasteiger partial charge on any atom is -0.453 e. The van der Waals surface area contributed by atoms with E-state index in [1.54, 1.807) is 0 Å². The van der Waals surface area contributed by atoms with Gasteiger partial charge in [0.1, 0.15) is 0 Å². The van der Waals surface area contributed by atoms with E-state index in [1.807, 2.05) is 0 Å². The van der Waals surface area contributed by atoms with Crippen LogP contribution in [0.3, 0.4) is 0 Å². The van der Waals surface area contributed by atoms with Crippen molar-refractivity contribution in [2.45, 2.75) is 6.42 Å². The molecule has 2 rings (SSSR count). The average Bonchev–Trinajstić information content (AvgIpc) is 2.66. The lowest BCUT2D eigenvalue weighted by molar-refractivity contribution is -0.913. The molecule has 9 nitrogen and oxygen atoms in total. The Morgan fingerprint density at radius 2 is 1.86 bits per heavy atom.